The Bertz CT molecular complexity index is 6.00. The minimum atomic E-state index is 0. The molecule has 0 aromatic rings. The summed E-state index contributed by atoms with van der Waals surface area (Å²) in [5.41, 5.74) is 0. The van der Waals surface area contributed by atoms with Crippen LogP contribution in [0.15, 0.2) is 0 Å². The summed E-state index contributed by atoms with van der Waals surface area (Å²) in [5, 5.41) is 0. The molecule has 0 heterocycles. The Morgan fingerprint density at radius 3 is 1.00 bits per heavy atom. The van der Waals surface area contributed by atoms with Gasteiger partial charge in [0.15, 0.2) is 0 Å². The molecule has 0 radical (unpaired) electrons. The second kappa shape index (κ2) is 23.0. The quantitative estimate of drug-likeness (QED) is 0.436. The van der Waals surface area contributed by atoms with Crippen LogP contribution in [-0.4, -0.2) is 39.6 Å². The average Bonchev–Trinajstić information content (AvgIpc) is 0. The van der Waals surface area contributed by atoms with E-state index >= 15 is 0 Å². The van der Waals surface area contributed by atoms with E-state index in [1.165, 1.54) is 0 Å². The van der Waals surface area contributed by atoms with Crippen LogP contribution in [-0.2, 0) is 19.5 Å². The molecular formula is H4OSe2Zn. The van der Waals surface area contributed by atoms with Crippen molar-refractivity contribution in [2.24, 2.45) is 0 Å². The number of hydrogen-bond donors (Lipinski definition) is 0. The Balaban J connectivity index is 0. The first-order valence-corrected chi connectivity index (χ1v) is 0. The van der Waals surface area contributed by atoms with E-state index in [0.29, 0.717) is 0 Å². The summed E-state index contributed by atoms with van der Waals surface area (Å²) in [6.07, 6.45) is 0. The smallest absolute Gasteiger partial charge is 2.00 e. The molecule has 0 aliphatic carbocycles. The van der Waals surface area contributed by atoms with Gasteiger partial charge in [0.25, 0.3) is 0 Å². The fourth-order valence-electron chi connectivity index (χ4n) is 0. The minimum absolute atomic E-state index is 0. The van der Waals surface area contributed by atoms with Gasteiger partial charge in [-0.15, -0.1) is 0 Å². The van der Waals surface area contributed by atoms with Crippen molar-refractivity contribution in [2.45, 2.75) is 0 Å². The Morgan fingerprint density at radius 2 is 1.00 bits per heavy atom. The van der Waals surface area contributed by atoms with Crippen molar-refractivity contribution in [3.63, 3.8) is 0 Å². The van der Waals surface area contributed by atoms with Gasteiger partial charge in [-0.05, 0) is 0 Å². The van der Waals surface area contributed by atoms with Gasteiger partial charge in [0.2, 0.25) is 0 Å². The maximum absolute atomic E-state index is 0. The van der Waals surface area contributed by atoms with Crippen LogP contribution in [0.5, 0.6) is 0 Å². The van der Waals surface area contributed by atoms with Crippen LogP contribution in [0, 0.1) is 0 Å². The van der Waals surface area contributed by atoms with Gasteiger partial charge in [0.1, 0.15) is 0 Å². The maximum Gasteiger partial charge on any atom is 2.00 e. The molecule has 0 fully saturated rings. The van der Waals surface area contributed by atoms with Crippen molar-refractivity contribution < 1.29 is 25.0 Å². The third kappa shape index (κ3) is 9.46. The number of rotatable bonds is 0. The fourth-order valence-corrected chi connectivity index (χ4v) is 0. The van der Waals surface area contributed by atoms with E-state index in [2.05, 4.69) is 0 Å². The maximum atomic E-state index is 0. The van der Waals surface area contributed by atoms with Crippen molar-refractivity contribution in [2.75, 3.05) is 0 Å². The summed E-state index contributed by atoms with van der Waals surface area (Å²) in [6.45, 7) is 0. The fraction of sp³-hybridized carbons (Fsp3) is 0. The topological polar surface area (TPSA) is 31.5 Å². The van der Waals surface area contributed by atoms with Gasteiger partial charge in [-0.3, -0.25) is 0 Å². The standard InChI is InChI=1S/H2O.H2Se.Se.Zn/h2*1H2;;/q;;-2;+2. The first-order valence-electron chi connectivity index (χ1n) is 0. The zero-order valence-electron chi connectivity index (χ0n) is 2.12. The molecule has 0 aromatic carbocycles. The second-order valence-corrected chi connectivity index (χ2v) is 0. The molecule has 0 rings (SSSR count). The van der Waals surface area contributed by atoms with Crippen LogP contribution in [0.1, 0.15) is 0 Å². The SMILES string of the molecule is O.[Se-2].[SeH2].[Zn+2]. The Kier molecular flexibility index (Phi) is 263. The van der Waals surface area contributed by atoms with Crippen molar-refractivity contribution >= 4 is 34.1 Å². The molecule has 0 unspecified atom stereocenters. The van der Waals surface area contributed by atoms with E-state index in [9.17, 15) is 0 Å². The van der Waals surface area contributed by atoms with Gasteiger partial charge in [-0.1, -0.05) is 0 Å². The summed E-state index contributed by atoms with van der Waals surface area (Å²) < 4.78 is 0. The van der Waals surface area contributed by atoms with Crippen molar-refractivity contribution in [3.8, 4) is 0 Å². The summed E-state index contributed by atoms with van der Waals surface area (Å²) in [7, 11) is 0. The van der Waals surface area contributed by atoms with E-state index < -0.39 is 0 Å². The minimum Gasteiger partial charge on any atom is 2.00 e. The van der Waals surface area contributed by atoms with Gasteiger partial charge < -0.3 is 22.5 Å². The van der Waals surface area contributed by atoms with E-state index in [0.717, 1.165) is 0 Å². The third-order valence-corrected chi connectivity index (χ3v) is 0. The van der Waals surface area contributed by atoms with Gasteiger partial charge in [-0.25, -0.2) is 0 Å². The molecule has 0 aromatic heterocycles. The van der Waals surface area contributed by atoms with Crippen LogP contribution in [0.3, 0.4) is 0 Å². The Labute approximate surface area is 58.9 Å². The first-order chi connectivity index (χ1) is 0. The predicted octanol–water partition coefficient (Wildman–Crippen LogP) is -2.12. The van der Waals surface area contributed by atoms with E-state index in [-0.39, 0.29) is 59.1 Å². The summed E-state index contributed by atoms with van der Waals surface area (Å²) in [6, 6.07) is 0. The molecule has 0 saturated heterocycles. The zero-order chi connectivity index (χ0) is 0. The molecule has 24 valence electrons. The monoisotopic (exact) mass is 244 g/mol. The molecule has 4 heteroatoms. The summed E-state index contributed by atoms with van der Waals surface area (Å²) >= 11 is 0. The van der Waals surface area contributed by atoms with Crippen LogP contribution >= 0.6 is 0 Å². The van der Waals surface area contributed by atoms with E-state index in [1.54, 1.807) is 0 Å². The molecule has 0 amide bonds. The summed E-state index contributed by atoms with van der Waals surface area (Å²) in [4.78, 5) is 0. The second-order valence-electron chi connectivity index (χ2n) is 0. The van der Waals surface area contributed by atoms with Crippen LogP contribution in [0.2, 0.25) is 0 Å². The molecule has 4 heavy (non-hydrogen) atoms. The number of hydrogen-bond acceptors (Lipinski definition) is 0. The summed E-state index contributed by atoms with van der Waals surface area (Å²) in [5.74, 6) is 0. The average molecular weight is 243 g/mol. The molecule has 0 aliphatic heterocycles. The van der Waals surface area contributed by atoms with Gasteiger partial charge in [-0.2, -0.15) is 0 Å². The van der Waals surface area contributed by atoms with Gasteiger partial charge in [0.05, 0.1) is 0 Å². The van der Waals surface area contributed by atoms with Crippen LogP contribution < -0.4 is 0 Å². The molecular weight excluding hydrogens is 239 g/mol. The third-order valence-electron chi connectivity index (χ3n) is 0. The van der Waals surface area contributed by atoms with E-state index in [4.69, 9.17) is 0 Å². The van der Waals surface area contributed by atoms with E-state index in [1.807, 2.05) is 0 Å². The van der Waals surface area contributed by atoms with Crippen molar-refractivity contribution in [1.29, 1.82) is 0 Å². The zero-order valence-corrected chi connectivity index (χ0v) is 8.89. The van der Waals surface area contributed by atoms with Crippen molar-refractivity contribution in [1.82, 2.24) is 0 Å². The normalized spacial score (nSPS) is 0. The molecule has 1 nitrogen and oxygen atoms in total. The Morgan fingerprint density at radius 1 is 1.00 bits per heavy atom. The van der Waals surface area contributed by atoms with Crippen molar-refractivity contribution in [3.05, 3.63) is 0 Å². The first kappa shape index (κ1) is 45.6. The molecule has 0 aliphatic rings. The molecule has 2 N–H and O–H groups in total. The molecule has 0 bridgehead atoms. The van der Waals surface area contributed by atoms with Crippen LogP contribution in [0.4, 0.5) is 0 Å². The Hall–Kier alpha value is 1.62. The van der Waals surface area contributed by atoms with Crippen LogP contribution in [0.25, 0.3) is 0 Å². The molecule has 0 spiro atoms. The molecule has 0 saturated carbocycles. The van der Waals surface area contributed by atoms with Gasteiger partial charge >= 0.3 is 36.5 Å². The molecule has 0 atom stereocenters. The largest absolute Gasteiger partial charge is 2.00 e. The van der Waals surface area contributed by atoms with Gasteiger partial charge in [0, 0.05) is 0 Å². The predicted molar refractivity (Wildman–Crippen MR) is 17.9 cm³/mol.